The second-order valence-electron chi connectivity index (χ2n) is 12.4. The second-order valence-corrected chi connectivity index (χ2v) is 13.7. The number of amides is 1. The van der Waals surface area contributed by atoms with Crippen LogP contribution in [0.25, 0.3) is 10.1 Å². The van der Waals surface area contributed by atoms with Crippen LogP contribution in [0.5, 0.6) is 0 Å². The molecule has 1 aromatic heterocycles. The Balaban J connectivity index is 1.26. The number of nitrogens with zero attached hydrogens (tertiary/aromatic N) is 2. The Bertz CT molecular complexity index is 1560. The molecule has 3 aliphatic rings. The smallest absolute Gasteiger partial charge is 0.306 e. The predicted octanol–water partition coefficient (Wildman–Crippen LogP) is 6.95. The zero-order valence-electron chi connectivity index (χ0n) is 25.2. The number of likely N-dealkylation sites (tertiary alicyclic amines) is 2. The number of anilines is 1. The molecule has 2 saturated heterocycles. The van der Waals surface area contributed by atoms with Crippen LogP contribution >= 0.6 is 22.9 Å². The minimum absolute atomic E-state index is 0.138. The lowest BCUT2D eigenvalue weighted by atomic mass is 9.87. The first-order chi connectivity index (χ1) is 21.8. The molecule has 11 heteroatoms. The van der Waals surface area contributed by atoms with Crippen molar-refractivity contribution in [2.24, 2.45) is 5.92 Å². The largest absolute Gasteiger partial charge is 0.481 e. The van der Waals surface area contributed by atoms with Gasteiger partial charge >= 0.3 is 5.97 Å². The molecule has 45 heavy (non-hydrogen) atoms. The van der Waals surface area contributed by atoms with Crippen LogP contribution in [0.15, 0.2) is 41.8 Å². The molecule has 1 atom stereocenters. The highest BCUT2D eigenvalue weighted by atomic mass is 35.5. The number of Topliss-reactive ketones (excluding diaryl/α,β-unsaturated/α-hetero) is 1. The fraction of sp³-hybridized carbons (Fsp3) is 0.500. The van der Waals surface area contributed by atoms with Crippen LogP contribution in [0.3, 0.4) is 0 Å². The molecule has 0 bridgehead atoms. The molecule has 8 nitrogen and oxygen atoms in total. The fourth-order valence-electron chi connectivity index (χ4n) is 7.10. The topological polar surface area (TPSA) is 99.2 Å². The van der Waals surface area contributed by atoms with E-state index in [1.54, 1.807) is 5.38 Å². The molecule has 1 unspecified atom stereocenters. The molecule has 2 aromatic carbocycles. The lowest BCUT2D eigenvalue weighted by Crippen LogP contribution is -2.68. The van der Waals surface area contributed by atoms with Gasteiger partial charge in [-0.25, -0.2) is 4.39 Å². The SMILES string of the molecule is O=C(Nc1cc(F)c(CC(=O)C(O[C@H]2CC[C@H](C(=O)O)CC2)(N2CCCCC2)N2CCCC2)cc1Cl)c1csc2ccccc12. The summed E-state index contributed by atoms with van der Waals surface area (Å²) < 4.78 is 23.6. The fourth-order valence-corrected chi connectivity index (χ4v) is 8.27. The van der Waals surface area contributed by atoms with Crippen molar-refractivity contribution in [2.75, 3.05) is 31.5 Å². The van der Waals surface area contributed by atoms with E-state index >= 15 is 4.39 Å². The maximum atomic E-state index is 15.7. The molecule has 0 radical (unpaired) electrons. The van der Waals surface area contributed by atoms with Gasteiger partial charge in [-0.05, 0) is 75.1 Å². The van der Waals surface area contributed by atoms with Gasteiger partial charge < -0.3 is 15.2 Å². The minimum Gasteiger partial charge on any atom is -0.481 e. The number of benzene rings is 2. The summed E-state index contributed by atoms with van der Waals surface area (Å²) in [4.78, 5) is 43.5. The normalized spacial score (nSPS) is 22.7. The maximum absolute atomic E-state index is 15.7. The summed E-state index contributed by atoms with van der Waals surface area (Å²) in [6.45, 7) is 2.77. The van der Waals surface area contributed by atoms with Gasteiger partial charge in [-0.3, -0.25) is 24.2 Å². The number of carboxylic acids is 1. The van der Waals surface area contributed by atoms with Gasteiger partial charge in [-0.1, -0.05) is 36.2 Å². The average Bonchev–Trinajstić information content (AvgIpc) is 3.74. The van der Waals surface area contributed by atoms with Crippen molar-refractivity contribution in [2.45, 2.75) is 76.2 Å². The molecular weight excluding hydrogens is 617 g/mol. The molecule has 1 aliphatic carbocycles. The van der Waals surface area contributed by atoms with E-state index < -0.39 is 23.6 Å². The highest BCUT2D eigenvalue weighted by molar-refractivity contribution is 7.17. The van der Waals surface area contributed by atoms with Crippen LogP contribution in [0.1, 0.15) is 73.7 Å². The Kier molecular flexibility index (Phi) is 9.87. The quantitative estimate of drug-likeness (QED) is 0.244. The molecular formula is C34H39ClFN3O5S. The lowest BCUT2D eigenvalue weighted by Gasteiger charge is -2.51. The molecule has 0 spiro atoms. The van der Waals surface area contributed by atoms with Gasteiger partial charge in [0.25, 0.3) is 5.91 Å². The zero-order valence-corrected chi connectivity index (χ0v) is 26.8. The third-order valence-corrected chi connectivity index (χ3v) is 10.8. The molecule has 3 fully saturated rings. The van der Waals surface area contributed by atoms with Crippen molar-refractivity contribution in [1.29, 1.82) is 0 Å². The standard InChI is InChI=1S/C34H39ClFN3O5S/c35-27-18-23(28(36)20-29(27)37-32(41)26-21-45-30-9-3-2-8-25(26)30)19-31(40)34(39-16-6-7-17-39,38-14-4-1-5-15-38)44-24-12-10-22(11-13-24)33(42)43/h2-3,8-9,18,20-22,24H,1,4-7,10-17,19H2,(H,37,41)(H,42,43)/t22-,24-,34?. The van der Waals surface area contributed by atoms with E-state index in [-0.39, 0.29) is 40.5 Å². The molecule has 2 N–H and O–H groups in total. The lowest BCUT2D eigenvalue weighted by molar-refractivity contribution is -0.258. The van der Waals surface area contributed by atoms with Crippen molar-refractivity contribution >= 4 is 56.4 Å². The van der Waals surface area contributed by atoms with Gasteiger partial charge in [-0.15, -0.1) is 11.3 Å². The molecule has 6 rings (SSSR count). The monoisotopic (exact) mass is 655 g/mol. The number of hydrogen-bond donors (Lipinski definition) is 2. The van der Waals surface area contributed by atoms with E-state index in [1.165, 1.54) is 23.5 Å². The Hall–Kier alpha value is -2.89. The number of carbonyl (C=O) groups excluding carboxylic acids is 2. The highest BCUT2D eigenvalue weighted by Crippen LogP contribution is 2.38. The third-order valence-electron chi connectivity index (χ3n) is 9.50. The van der Waals surface area contributed by atoms with Crippen LogP contribution in [-0.4, -0.2) is 70.7 Å². The van der Waals surface area contributed by atoms with E-state index in [1.807, 2.05) is 24.3 Å². The molecule has 2 aliphatic heterocycles. The molecule has 1 amide bonds. The van der Waals surface area contributed by atoms with Gasteiger partial charge in [0.05, 0.1) is 28.3 Å². The number of ether oxygens (including phenoxy) is 1. The first-order valence-corrected chi connectivity index (χ1v) is 17.2. The number of carboxylic acid groups (broad SMARTS) is 1. The number of hydrogen-bond acceptors (Lipinski definition) is 7. The van der Waals surface area contributed by atoms with Crippen LogP contribution in [0, 0.1) is 11.7 Å². The average molecular weight is 656 g/mol. The van der Waals surface area contributed by atoms with Gasteiger partial charge in [0, 0.05) is 48.1 Å². The van der Waals surface area contributed by atoms with Crippen molar-refractivity contribution in [1.82, 2.24) is 9.80 Å². The van der Waals surface area contributed by atoms with E-state index in [4.69, 9.17) is 16.3 Å². The van der Waals surface area contributed by atoms with Gasteiger partial charge in [0.15, 0.2) is 5.78 Å². The van der Waals surface area contributed by atoms with E-state index in [0.717, 1.165) is 42.2 Å². The molecule has 240 valence electrons. The van der Waals surface area contributed by atoms with Gasteiger partial charge in [0.1, 0.15) is 5.82 Å². The van der Waals surface area contributed by atoms with Crippen LogP contribution in [-0.2, 0) is 20.7 Å². The number of nitrogens with one attached hydrogen (secondary N) is 1. The van der Waals surface area contributed by atoms with Crippen LogP contribution in [0.4, 0.5) is 10.1 Å². The zero-order chi connectivity index (χ0) is 31.6. The summed E-state index contributed by atoms with van der Waals surface area (Å²) >= 11 is 8.06. The number of halogens is 2. The summed E-state index contributed by atoms with van der Waals surface area (Å²) in [5.41, 5.74) is 0.763. The number of ketones is 1. The van der Waals surface area contributed by atoms with Crippen LogP contribution < -0.4 is 5.32 Å². The summed E-state index contributed by atoms with van der Waals surface area (Å²) in [6.07, 6.45) is 6.44. The van der Waals surface area contributed by atoms with Gasteiger partial charge in [-0.2, -0.15) is 0 Å². The van der Waals surface area contributed by atoms with Crippen molar-refractivity contribution in [3.8, 4) is 0 Å². The Morgan fingerprint density at radius 1 is 0.978 bits per heavy atom. The van der Waals surface area contributed by atoms with Gasteiger partial charge in [0.2, 0.25) is 5.85 Å². The number of aliphatic carboxylic acids is 1. The van der Waals surface area contributed by atoms with Crippen molar-refractivity contribution < 1.29 is 28.6 Å². The number of rotatable bonds is 10. The van der Waals surface area contributed by atoms with Crippen molar-refractivity contribution in [3.63, 3.8) is 0 Å². The van der Waals surface area contributed by atoms with Crippen LogP contribution in [0.2, 0.25) is 5.02 Å². The second kappa shape index (κ2) is 13.8. The molecule has 1 saturated carbocycles. The summed E-state index contributed by atoms with van der Waals surface area (Å²) in [6, 6.07) is 10.2. The first-order valence-electron chi connectivity index (χ1n) is 16.0. The number of thiophene rings is 1. The number of piperidine rings is 1. The Morgan fingerprint density at radius 2 is 1.62 bits per heavy atom. The van der Waals surface area contributed by atoms with E-state index in [0.29, 0.717) is 57.4 Å². The maximum Gasteiger partial charge on any atom is 0.306 e. The molecule has 3 heterocycles. The summed E-state index contributed by atoms with van der Waals surface area (Å²) in [7, 11) is 0. The minimum atomic E-state index is -1.36. The van der Waals surface area contributed by atoms with E-state index in [9.17, 15) is 19.5 Å². The summed E-state index contributed by atoms with van der Waals surface area (Å²) in [5, 5.41) is 15.0. The predicted molar refractivity (Wildman–Crippen MR) is 173 cm³/mol. The summed E-state index contributed by atoms with van der Waals surface area (Å²) in [5.74, 6) is -3.81. The third kappa shape index (κ3) is 6.67. The Morgan fingerprint density at radius 3 is 2.29 bits per heavy atom. The van der Waals surface area contributed by atoms with E-state index in [2.05, 4.69) is 15.1 Å². The highest BCUT2D eigenvalue weighted by Gasteiger charge is 2.52. The number of carbonyl (C=O) groups is 3. The van der Waals surface area contributed by atoms with Crippen molar-refractivity contribution in [3.05, 3.63) is 63.7 Å². The Labute approximate surface area is 271 Å². The first kappa shape index (κ1) is 32.1. The number of fused-ring (bicyclic) bond motifs is 1. The molecule has 3 aromatic rings.